The number of tetrazole rings is 1. The van der Waals surface area contributed by atoms with Crippen molar-refractivity contribution in [3.05, 3.63) is 66.0 Å². The molecule has 2 aromatic heterocycles. The van der Waals surface area contributed by atoms with Gasteiger partial charge in [-0.15, -0.1) is 5.10 Å². The maximum Gasteiger partial charge on any atom is 0.251 e. The average Bonchev–Trinajstić information content (AvgIpc) is 3.29. The van der Waals surface area contributed by atoms with Crippen molar-refractivity contribution in [2.24, 2.45) is 0 Å². The predicted molar refractivity (Wildman–Crippen MR) is 100.0 cm³/mol. The van der Waals surface area contributed by atoms with Crippen molar-refractivity contribution >= 4 is 32.6 Å². The number of amides is 1. The number of hydrogen-bond donors (Lipinski definition) is 1. The molecule has 0 saturated carbocycles. The van der Waals surface area contributed by atoms with Crippen LogP contribution in [0, 0.1) is 6.92 Å². The first-order valence-corrected chi connectivity index (χ1v) is 8.95. The lowest BCUT2D eigenvalue weighted by molar-refractivity contribution is -0.119. The van der Waals surface area contributed by atoms with Crippen LogP contribution in [0.3, 0.4) is 0 Å². The predicted octanol–water partition coefficient (Wildman–Crippen LogP) is 3.01. The quantitative estimate of drug-likeness (QED) is 0.588. The fraction of sp³-hybridized carbons (Fsp3) is 0.167. The van der Waals surface area contributed by atoms with Crippen LogP contribution >= 0.6 is 11.3 Å². The van der Waals surface area contributed by atoms with E-state index in [1.807, 2.05) is 49.4 Å². The highest BCUT2D eigenvalue weighted by atomic mass is 32.1. The second kappa shape index (κ2) is 7.01. The molecule has 1 unspecified atom stereocenters. The summed E-state index contributed by atoms with van der Waals surface area (Å²) < 4.78 is 2.52. The number of carbonyl (C=O) groups is 1. The molecule has 0 spiro atoms. The van der Waals surface area contributed by atoms with Gasteiger partial charge < -0.3 is 5.32 Å². The number of nitrogens with zero attached hydrogens (tertiary/aromatic N) is 5. The maximum absolute atomic E-state index is 12.9. The van der Waals surface area contributed by atoms with Gasteiger partial charge in [0.05, 0.1) is 10.2 Å². The van der Waals surface area contributed by atoms with Gasteiger partial charge in [-0.2, -0.15) is 0 Å². The molecular formula is C18H16N6OS. The normalized spacial score (nSPS) is 12.2. The Hall–Kier alpha value is -3.13. The third kappa shape index (κ3) is 3.45. The van der Waals surface area contributed by atoms with E-state index in [-0.39, 0.29) is 5.91 Å². The van der Waals surface area contributed by atoms with E-state index in [9.17, 15) is 4.79 Å². The van der Waals surface area contributed by atoms with E-state index in [0.717, 1.165) is 21.3 Å². The number of anilines is 1. The number of rotatable bonds is 5. The van der Waals surface area contributed by atoms with Gasteiger partial charge in [-0.3, -0.25) is 4.79 Å². The lowest BCUT2D eigenvalue weighted by atomic mass is 10.1. The number of aryl methyl sites for hydroxylation is 1. The molecule has 0 fully saturated rings. The molecule has 1 amide bonds. The van der Waals surface area contributed by atoms with Crippen LogP contribution in [-0.4, -0.2) is 31.1 Å². The van der Waals surface area contributed by atoms with Gasteiger partial charge in [-0.1, -0.05) is 47.7 Å². The van der Waals surface area contributed by atoms with Crippen LogP contribution in [0.2, 0.25) is 0 Å². The smallest absolute Gasteiger partial charge is 0.251 e. The number of hydrogen-bond acceptors (Lipinski definition) is 6. The lowest BCUT2D eigenvalue weighted by Crippen LogP contribution is -2.28. The number of aromatic nitrogens is 5. The van der Waals surface area contributed by atoms with Crippen molar-refractivity contribution in [1.82, 2.24) is 25.2 Å². The molecule has 26 heavy (non-hydrogen) atoms. The monoisotopic (exact) mass is 364 g/mol. The van der Waals surface area contributed by atoms with E-state index < -0.39 is 6.04 Å². The molecule has 0 saturated heterocycles. The zero-order valence-corrected chi connectivity index (χ0v) is 14.8. The number of benzene rings is 2. The largest absolute Gasteiger partial charge is 0.300 e. The summed E-state index contributed by atoms with van der Waals surface area (Å²) in [6.07, 6.45) is 1.94. The van der Waals surface area contributed by atoms with Crippen LogP contribution in [0.5, 0.6) is 0 Å². The Kier molecular flexibility index (Phi) is 4.40. The Balaban J connectivity index is 1.59. The minimum absolute atomic E-state index is 0.197. The summed E-state index contributed by atoms with van der Waals surface area (Å²) in [5.74, 6) is -0.197. The molecule has 0 aliphatic carbocycles. The summed E-state index contributed by atoms with van der Waals surface area (Å²) in [7, 11) is 0. The lowest BCUT2D eigenvalue weighted by Gasteiger charge is -2.15. The minimum Gasteiger partial charge on any atom is -0.300 e. The van der Waals surface area contributed by atoms with Crippen LogP contribution < -0.4 is 5.32 Å². The van der Waals surface area contributed by atoms with Gasteiger partial charge in [-0.05, 0) is 40.6 Å². The summed E-state index contributed by atoms with van der Waals surface area (Å²) in [6, 6.07) is 15.3. The van der Waals surface area contributed by atoms with Crippen LogP contribution in [-0.2, 0) is 11.2 Å². The minimum atomic E-state index is -0.554. The molecule has 8 heteroatoms. The van der Waals surface area contributed by atoms with E-state index in [2.05, 4.69) is 31.9 Å². The van der Waals surface area contributed by atoms with E-state index in [1.54, 1.807) is 0 Å². The van der Waals surface area contributed by atoms with Gasteiger partial charge >= 0.3 is 0 Å². The number of thiazole rings is 1. The Morgan fingerprint density at radius 2 is 2.08 bits per heavy atom. The van der Waals surface area contributed by atoms with Crippen molar-refractivity contribution in [2.45, 2.75) is 19.4 Å². The standard InChI is InChI=1S/C18H16N6OS/c1-12-7-8-14-16(9-12)26-18(20-14)21-17(25)15(24-11-19-22-23-24)10-13-5-3-2-4-6-13/h2-9,11,15H,10H2,1H3,(H,20,21,25). The second-order valence-corrected chi connectivity index (χ2v) is 7.01. The second-order valence-electron chi connectivity index (χ2n) is 5.97. The van der Waals surface area contributed by atoms with Gasteiger partial charge in [0.25, 0.3) is 5.91 Å². The first kappa shape index (κ1) is 16.3. The summed E-state index contributed by atoms with van der Waals surface area (Å²) in [4.78, 5) is 17.4. The maximum atomic E-state index is 12.9. The highest BCUT2D eigenvalue weighted by Gasteiger charge is 2.23. The number of carbonyl (C=O) groups excluding carboxylic acids is 1. The van der Waals surface area contributed by atoms with Gasteiger partial charge in [0.15, 0.2) is 5.13 Å². The molecule has 2 aromatic carbocycles. The van der Waals surface area contributed by atoms with E-state index >= 15 is 0 Å². The molecular weight excluding hydrogens is 348 g/mol. The third-order valence-corrected chi connectivity index (χ3v) is 4.97. The Morgan fingerprint density at radius 1 is 1.23 bits per heavy atom. The fourth-order valence-corrected chi connectivity index (χ4v) is 3.70. The highest BCUT2D eigenvalue weighted by Crippen LogP contribution is 2.27. The number of nitrogens with one attached hydrogen (secondary N) is 1. The topological polar surface area (TPSA) is 85.6 Å². The van der Waals surface area contributed by atoms with Crippen LogP contribution in [0.25, 0.3) is 10.2 Å². The number of fused-ring (bicyclic) bond motifs is 1. The Bertz CT molecular complexity index is 1030. The van der Waals surface area contributed by atoms with Crippen molar-refractivity contribution in [1.29, 1.82) is 0 Å². The Labute approximate surface area is 153 Å². The van der Waals surface area contributed by atoms with Gasteiger partial charge in [-0.25, -0.2) is 9.67 Å². The zero-order chi connectivity index (χ0) is 17.9. The third-order valence-electron chi connectivity index (χ3n) is 4.03. The van der Waals surface area contributed by atoms with Crippen LogP contribution in [0.4, 0.5) is 5.13 Å². The fourth-order valence-electron chi connectivity index (χ4n) is 2.73. The molecule has 130 valence electrons. The van der Waals surface area contributed by atoms with Crippen LogP contribution in [0.1, 0.15) is 17.2 Å². The molecule has 2 heterocycles. The Morgan fingerprint density at radius 3 is 2.85 bits per heavy atom. The van der Waals surface area contributed by atoms with Crippen molar-refractivity contribution in [3.8, 4) is 0 Å². The summed E-state index contributed by atoms with van der Waals surface area (Å²) in [5.41, 5.74) is 3.07. The van der Waals surface area contributed by atoms with Gasteiger partial charge in [0, 0.05) is 6.42 Å². The molecule has 7 nitrogen and oxygen atoms in total. The molecule has 1 N–H and O–H groups in total. The molecule has 0 aliphatic heterocycles. The molecule has 0 aliphatic rings. The average molecular weight is 364 g/mol. The highest BCUT2D eigenvalue weighted by molar-refractivity contribution is 7.22. The van der Waals surface area contributed by atoms with Crippen LogP contribution in [0.15, 0.2) is 54.9 Å². The first-order chi connectivity index (χ1) is 12.7. The van der Waals surface area contributed by atoms with Crippen molar-refractivity contribution in [3.63, 3.8) is 0 Å². The summed E-state index contributed by atoms with van der Waals surface area (Å²) in [6.45, 7) is 2.03. The molecule has 4 aromatic rings. The van der Waals surface area contributed by atoms with Gasteiger partial charge in [0.1, 0.15) is 12.4 Å². The van der Waals surface area contributed by atoms with Gasteiger partial charge in [0.2, 0.25) is 0 Å². The zero-order valence-electron chi connectivity index (χ0n) is 14.0. The van der Waals surface area contributed by atoms with Crippen molar-refractivity contribution < 1.29 is 4.79 Å². The molecule has 0 radical (unpaired) electrons. The molecule has 1 atom stereocenters. The molecule has 0 bridgehead atoms. The SMILES string of the molecule is Cc1ccc2nc(NC(=O)C(Cc3ccccc3)n3cnnn3)sc2c1. The molecule has 4 rings (SSSR count). The summed E-state index contributed by atoms with van der Waals surface area (Å²) >= 11 is 1.46. The van der Waals surface area contributed by atoms with E-state index in [4.69, 9.17) is 0 Å². The van der Waals surface area contributed by atoms with Crippen molar-refractivity contribution in [2.75, 3.05) is 5.32 Å². The van der Waals surface area contributed by atoms with E-state index in [0.29, 0.717) is 11.6 Å². The first-order valence-electron chi connectivity index (χ1n) is 8.13. The summed E-state index contributed by atoms with van der Waals surface area (Å²) in [5, 5.41) is 14.7. The van der Waals surface area contributed by atoms with E-state index in [1.165, 1.54) is 22.3 Å².